The molecule has 0 radical (unpaired) electrons. The van der Waals surface area contributed by atoms with Crippen molar-refractivity contribution in [2.45, 2.75) is 19.8 Å². The SMILES string of the molecule is CCCc1nc(NCCNC(=O)c2ccc(F)cc2)c2cnn(C)c2n1. The van der Waals surface area contributed by atoms with E-state index in [4.69, 9.17) is 0 Å². The Balaban J connectivity index is 1.62. The van der Waals surface area contributed by atoms with E-state index in [1.54, 1.807) is 10.9 Å². The Labute approximate surface area is 150 Å². The highest BCUT2D eigenvalue weighted by molar-refractivity contribution is 5.94. The van der Waals surface area contributed by atoms with Crippen LogP contribution in [0.25, 0.3) is 11.0 Å². The molecule has 26 heavy (non-hydrogen) atoms. The first-order chi connectivity index (χ1) is 12.6. The van der Waals surface area contributed by atoms with E-state index in [9.17, 15) is 9.18 Å². The van der Waals surface area contributed by atoms with Gasteiger partial charge < -0.3 is 10.6 Å². The number of aromatic nitrogens is 4. The molecular formula is C18H21FN6O. The van der Waals surface area contributed by atoms with Gasteiger partial charge in [0.25, 0.3) is 5.91 Å². The fraction of sp³-hybridized carbons (Fsp3) is 0.333. The summed E-state index contributed by atoms with van der Waals surface area (Å²) in [5.41, 5.74) is 1.20. The van der Waals surface area contributed by atoms with Gasteiger partial charge in [0.15, 0.2) is 5.65 Å². The van der Waals surface area contributed by atoms with Gasteiger partial charge in [0.05, 0.1) is 11.6 Å². The summed E-state index contributed by atoms with van der Waals surface area (Å²) in [6, 6.07) is 5.45. The summed E-state index contributed by atoms with van der Waals surface area (Å²) >= 11 is 0. The van der Waals surface area contributed by atoms with Crippen molar-refractivity contribution in [2.75, 3.05) is 18.4 Å². The number of carbonyl (C=O) groups excluding carboxylic acids is 1. The van der Waals surface area contributed by atoms with Crippen molar-refractivity contribution in [1.82, 2.24) is 25.1 Å². The van der Waals surface area contributed by atoms with Gasteiger partial charge in [-0.15, -0.1) is 0 Å². The smallest absolute Gasteiger partial charge is 0.251 e. The zero-order valence-electron chi connectivity index (χ0n) is 14.8. The van der Waals surface area contributed by atoms with E-state index in [1.165, 1.54) is 24.3 Å². The zero-order chi connectivity index (χ0) is 18.5. The maximum absolute atomic E-state index is 12.9. The molecule has 1 aromatic carbocycles. The van der Waals surface area contributed by atoms with Crippen molar-refractivity contribution in [3.63, 3.8) is 0 Å². The van der Waals surface area contributed by atoms with E-state index < -0.39 is 0 Å². The molecule has 7 nitrogen and oxygen atoms in total. The van der Waals surface area contributed by atoms with Gasteiger partial charge in [-0.05, 0) is 30.7 Å². The summed E-state index contributed by atoms with van der Waals surface area (Å²) in [6.45, 7) is 2.99. The lowest BCUT2D eigenvalue weighted by atomic mass is 10.2. The first-order valence-electron chi connectivity index (χ1n) is 8.54. The van der Waals surface area contributed by atoms with E-state index in [-0.39, 0.29) is 11.7 Å². The molecule has 0 saturated heterocycles. The number of hydrogen-bond donors (Lipinski definition) is 2. The van der Waals surface area contributed by atoms with Crippen molar-refractivity contribution in [3.05, 3.63) is 47.7 Å². The Bertz CT molecular complexity index is 906. The molecule has 0 unspecified atom stereocenters. The number of anilines is 1. The minimum Gasteiger partial charge on any atom is -0.368 e. The van der Waals surface area contributed by atoms with Crippen LogP contribution >= 0.6 is 0 Å². The predicted octanol–water partition coefficient (Wildman–Crippen LogP) is 2.30. The van der Waals surface area contributed by atoms with Crippen molar-refractivity contribution in [3.8, 4) is 0 Å². The second-order valence-electron chi connectivity index (χ2n) is 5.93. The Kier molecular flexibility index (Phi) is 5.40. The van der Waals surface area contributed by atoms with Crippen molar-refractivity contribution < 1.29 is 9.18 Å². The van der Waals surface area contributed by atoms with Crippen molar-refractivity contribution >= 4 is 22.8 Å². The second-order valence-corrected chi connectivity index (χ2v) is 5.93. The molecule has 2 N–H and O–H groups in total. The van der Waals surface area contributed by atoms with Crippen molar-refractivity contribution in [1.29, 1.82) is 0 Å². The van der Waals surface area contributed by atoms with Crippen LogP contribution in [0.2, 0.25) is 0 Å². The number of benzene rings is 1. The fourth-order valence-electron chi connectivity index (χ4n) is 2.60. The monoisotopic (exact) mass is 356 g/mol. The highest BCUT2D eigenvalue weighted by atomic mass is 19.1. The van der Waals surface area contributed by atoms with Gasteiger partial charge in [-0.2, -0.15) is 5.10 Å². The summed E-state index contributed by atoms with van der Waals surface area (Å²) in [6.07, 6.45) is 3.47. The van der Waals surface area contributed by atoms with Gasteiger partial charge in [-0.1, -0.05) is 6.92 Å². The van der Waals surface area contributed by atoms with Gasteiger partial charge in [-0.25, -0.2) is 14.4 Å². The van der Waals surface area contributed by atoms with E-state index in [0.29, 0.717) is 24.5 Å². The third-order valence-electron chi connectivity index (χ3n) is 3.92. The highest BCUT2D eigenvalue weighted by Gasteiger charge is 2.11. The van der Waals surface area contributed by atoms with Crippen LogP contribution in [0.3, 0.4) is 0 Å². The standard InChI is InChI=1S/C18H21FN6O/c1-3-4-15-23-16(14-11-22-25(2)17(14)24-15)20-9-10-21-18(26)12-5-7-13(19)8-6-12/h5-8,11H,3-4,9-10H2,1-2H3,(H,21,26)(H,20,23,24). The van der Waals surface area contributed by atoms with Gasteiger partial charge >= 0.3 is 0 Å². The summed E-state index contributed by atoms with van der Waals surface area (Å²) in [4.78, 5) is 21.1. The van der Waals surface area contributed by atoms with Crippen LogP contribution in [-0.4, -0.2) is 38.7 Å². The third kappa shape index (κ3) is 3.96. The van der Waals surface area contributed by atoms with E-state index in [0.717, 1.165) is 29.7 Å². The minimum atomic E-state index is -0.365. The fourth-order valence-corrected chi connectivity index (χ4v) is 2.60. The second kappa shape index (κ2) is 7.90. The van der Waals surface area contributed by atoms with Crippen LogP contribution in [0.15, 0.2) is 30.5 Å². The molecule has 136 valence electrons. The van der Waals surface area contributed by atoms with Crippen molar-refractivity contribution in [2.24, 2.45) is 7.05 Å². The lowest BCUT2D eigenvalue weighted by Gasteiger charge is -2.10. The lowest BCUT2D eigenvalue weighted by molar-refractivity contribution is 0.0955. The van der Waals surface area contributed by atoms with Gasteiger partial charge in [-0.3, -0.25) is 9.48 Å². The number of hydrogen-bond acceptors (Lipinski definition) is 5. The van der Waals surface area contributed by atoms with E-state index in [2.05, 4.69) is 32.6 Å². The summed E-state index contributed by atoms with van der Waals surface area (Å²) < 4.78 is 14.6. The molecule has 0 aliphatic carbocycles. The minimum absolute atomic E-state index is 0.243. The Hall–Kier alpha value is -3.03. The molecule has 0 bridgehead atoms. The maximum Gasteiger partial charge on any atom is 0.251 e. The van der Waals surface area contributed by atoms with Crippen LogP contribution in [0, 0.1) is 5.82 Å². The van der Waals surface area contributed by atoms with Gasteiger partial charge in [0, 0.05) is 32.1 Å². The van der Waals surface area contributed by atoms with Crippen LogP contribution in [0.1, 0.15) is 29.5 Å². The normalized spacial score (nSPS) is 10.9. The number of carbonyl (C=O) groups is 1. The number of nitrogens with zero attached hydrogens (tertiary/aromatic N) is 4. The van der Waals surface area contributed by atoms with Gasteiger partial charge in [0.2, 0.25) is 0 Å². The average molecular weight is 356 g/mol. The zero-order valence-corrected chi connectivity index (χ0v) is 14.8. The topological polar surface area (TPSA) is 84.7 Å². The summed E-state index contributed by atoms with van der Waals surface area (Å²) in [7, 11) is 1.84. The molecule has 3 rings (SSSR count). The molecular weight excluding hydrogens is 335 g/mol. The van der Waals surface area contributed by atoms with E-state index in [1.807, 2.05) is 7.05 Å². The molecule has 2 heterocycles. The maximum atomic E-state index is 12.9. The molecule has 0 atom stereocenters. The molecule has 0 spiro atoms. The Morgan fingerprint density at radius 3 is 2.69 bits per heavy atom. The quantitative estimate of drug-likeness (QED) is 0.635. The first kappa shape index (κ1) is 17.8. The van der Waals surface area contributed by atoms with Crippen LogP contribution in [-0.2, 0) is 13.5 Å². The average Bonchev–Trinajstić information content (AvgIpc) is 3.00. The molecule has 0 aliphatic rings. The molecule has 1 amide bonds. The molecule has 0 saturated carbocycles. The Morgan fingerprint density at radius 2 is 1.96 bits per heavy atom. The summed E-state index contributed by atoms with van der Waals surface area (Å²) in [5.74, 6) is 0.868. The number of rotatable bonds is 7. The number of halogens is 1. The number of fused-ring (bicyclic) bond motifs is 1. The first-order valence-corrected chi connectivity index (χ1v) is 8.54. The van der Waals surface area contributed by atoms with Crippen LogP contribution < -0.4 is 10.6 Å². The molecule has 0 fully saturated rings. The predicted molar refractivity (Wildman–Crippen MR) is 97.5 cm³/mol. The molecule has 0 aliphatic heterocycles. The van der Waals surface area contributed by atoms with Crippen LogP contribution in [0.4, 0.5) is 10.2 Å². The summed E-state index contributed by atoms with van der Waals surface area (Å²) in [5, 5.41) is 11.1. The number of aryl methyl sites for hydroxylation is 2. The number of nitrogens with one attached hydrogen (secondary N) is 2. The molecule has 2 aromatic heterocycles. The van der Waals surface area contributed by atoms with Crippen LogP contribution in [0.5, 0.6) is 0 Å². The highest BCUT2D eigenvalue weighted by Crippen LogP contribution is 2.19. The van der Waals surface area contributed by atoms with E-state index >= 15 is 0 Å². The largest absolute Gasteiger partial charge is 0.368 e. The number of amides is 1. The lowest BCUT2D eigenvalue weighted by Crippen LogP contribution is -2.29. The van der Waals surface area contributed by atoms with Gasteiger partial charge in [0.1, 0.15) is 17.5 Å². The molecule has 8 heteroatoms. The molecule has 3 aromatic rings. The third-order valence-corrected chi connectivity index (χ3v) is 3.92. The Morgan fingerprint density at radius 1 is 1.19 bits per heavy atom.